The van der Waals surface area contributed by atoms with Crippen LogP contribution in [-0.4, -0.2) is 28.8 Å². The predicted octanol–water partition coefficient (Wildman–Crippen LogP) is 11.7. The third kappa shape index (κ3) is 28.2. The van der Waals surface area contributed by atoms with Crippen LogP contribution in [0.5, 0.6) is 23.0 Å². The second kappa shape index (κ2) is 38.2. The number of rotatable bonds is 2. The minimum absolute atomic E-state index is 0. The van der Waals surface area contributed by atoms with Gasteiger partial charge in [-0.2, -0.15) is 36.4 Å². The van der Waals surface area contributed by atoms with Gasteiger partial charge in [-0.3, -0.25) is 0 Å². The Morgan fingerprint density at radius 2 is 0.580 bits per heavy atom. The van der Waals surface area contributed by atoms with Crippen molar-refractivity contribution < 1.29 is 61.6 Å². The van der Waals surface area contributed by atoms with Gasteiger partial charge >= 0.3 is 0 Å². The molecule has 1 radical (unpaired) electrons. The molecular weight excluding hydrogens is 721 g/mol. The van der Waals surface area contributed by atoms with E-state index in [-0.39, 0.29) is 44.2 Å². The van der Waals surface area contributed by atoms with Crippen LogP contribution in [-0.2, 0) is 42.5 Å². The van der Waals surface area contributed by atoms with Crippen LogP contribution >= 0.6 is 0 Å². The number of phenols is 4. The summed E-state index contributed by atoms with van der Waals surface area (Å²) in [6, 6.07) is 38.0. The first-order valence-corrected chi connectivity index (χ1v) is 18.2. The molecule has 4 N–H and O–H groups in total. The average molecular weight is 782 g/mol. The van der Waals surface area contributed by atoms with Crippen LogP contribution in [0.1, 0.15) is 80.4 Å². The summed E-state index contributed by atoms with van der Waals surface area (Å²) in [5.74, 6) is 0.920. The summed E-state index contributed by atoms with van der Waals surface area (Å²) in [5, 5.41) is 34.5. The van der Waals surface area contributed by atoms with E-state index in [4.69, 9.17) is 20.4 Å². The smallest absolute Gasteiger partial charge is 0.206 e. The van der Waals surface area contributed by atoms with Gasteiger partial charge in [0.15, 0.2) is 0 Å². The maximum atomic E-state index is 12.3. The number of hydrogen-bond donors (Lipinski definition) is 4. The fraction of sp³-hybridized carbons (Fsp3) is 0.286. The second-order valence-electron chi connectivity index (χ2n) is 8.16. The molecule has 50 heavy (non-hydrogen) atoms. The van der Waals surface area contributed by atoms with Gasteiger partial charge in [0, 0.05) is 44.2 Å². The molecule has 6 nitrogen and oxygen atoms in total. The number of hydrogen-bond acceptors (Lipinski definition) is 6. The molecule has 0 atom stereocenters. The zero-order valence-corrected chi connectivity index (χ0v) is 35.8. The molecule has 0 aromatic heterocycles. The molecular formula is C42H60O6SY-2. The molecule has 0 bridgehead atoms. The first-order valence-electron chi connectivity index (χ1n) is 16.7. The van der Waals surface area contributed by atoms with Crippen molar-refractivity contribution in [3.8, 4) is 23.0 Å². The largest absolute Gasteiger partial charge is 0.533 e. The Bertz CT molecular complexity index is 1370. The standard InChI is InChI=1S/C14H14O2S.C6H6O2.2C6H5O.5C2H6.Y/c1-11-3-7-13(8-4-11)17(15,16)14-9-5-12(2)6-10-14;7-5-1-2-6(8)4-3-5;2*7-6-4-2-1-3-5-6;5*1-2;/h3-10H,1-2H3;1-4,7-8H;2*2-5,7H;5*1-2H3;/q;;2*-1;;;;;;. The van der Waals surface area contributed by atoms with Crippen molar-refractivity contribution in [2.75, 3.05) is 0 Å². The Morgan fingerprint density at radius 1 is 0.380 bits per heavy atom. The topological polar surface area (TPSA) is 115 Å². The molecule has 0 aliphatic carbocycles. The third-order valence-electron chi connectivity index (χ3n) is 4.91. The molecule has 0 amide bonds. The molecule has 8 heteroatoms. The molecule has 0 saturated heterocycles. The van der Waals surface area contributed by atoms with Crippen molar-refractivity contribution in [3.63, 3.8) is 0 Å². The van der Waals surface area contributed by atoms with E-state index in [9.17, 15) is 8.42 Å². The van der Waals surface area contributed by atoms with Crippen LogP contribution in [0.3, 0.4) is 0 Å². The van der Waals surface area contributed by atoms with Crippen LogP contribution in [0.2, 0.25) is 0 Å². The van der Waals surface area contributed by atoms with Crippen molar-refractivity contribution in [1.29, 1.82) is 0 Å². The minimum atomic E-state index is -3.37. The van der Waals surface area contributed by atoms with Crippen LogP contribution in [0.25, 0.3) is 0 Å². The number of phenolic OH excluding ortho intramolecular Hbond substituents is 4. The molecule has 5 aromatic carbocycles. The fourth-order valence-corrected chi connectivity index (χ4v) is 4.04. The van der Waals surface area contributed by atoms with E-state index in [2.05, 4.69) is 12.1 Å². The van der Waals surface area contributed by atoms with Crippen molar-refractivity contribution in [2.45, 2.75) is 92.9 Å². The molecule has 0 aliphatic rings. The molecule has 275 valence electrons. The normalized spacial score (nSPS) is 8.32. The summed E-state index contributed by atoms with van der Waals surface area (Å²) in [7, 11) is -3.37. The van der Waals surface area contributed by atoms with Crippen LogP contribution < -0.4 is 0 Å². The van der Waals surface area contributed by atoms with Crippen molar-refractivity contribution in [3.05, 3.63) is 145 Å². The molecule has 0 fully saturated rings. The quantitative estimate of drug-likeness (QED) is 0.105. The van der Waals surface area contributed by atoms with Gasteiger partial charge < -0.3 is 20.4 Å². The van der Waals surface area contributed by atoms with Gasteiger partial charge in [-0.1, -0.05) is 105 Å². The van der Waals surface area contributed by atoms with E-state index in [0.29, 0.717) is 21.3 Å². The number of aryl methyl sites for hydroxylation is 2. The molecule has 0 aliphatic heterocycles. The van der Waals surface area contributed by atoms with Gasteiger partial charge in [-0.25, -0.2) is 8.42 Å². The summed E-state index contributed by atoms with van der Waals surface area (Å²) in [6.07, 6.45) is 0. The molecule has 0 saturated carbocycles. The summed E-state index contributed by atoms with van der Waals surface area (Å²) < 4.78 is 24.5. The van der Waals surface area contributed by atoms with Gasteiger partial charge in [0.2, 0.25) is 9.84 Å². The van der Waals surface area contributed by atoms with Crippen LogP contribution in [0.4, 0.5) is 0 Å². The molecule has 0 unspecified atom stereocenters. The Morgan fingerprint density at radius 3 is 0.760 bits per heavy atom. The Hall–Kier alpha value is -3.65. The van der Waals surface area contributed by atoms with Gasteiger partial charge in [0.25, 0.3) is 0 Å². The summed E-state index contributed by atoms with van der Waals surface area (Å²) in [5.41, 5.74) is 2.10. The number of sulfone groups is 1. The average Bonchev–Trinajstić information content (AvgIpc) is 3.16. The van der Waals surface area contributed by atoms with E-state index < -0.39 is 9.84 Å². The minimum Gasteiger partial charge on any atom is -0.533 e. The Balaban J connectivity index is -0.000000175. The van der Waals surface area contributed by atoms with E-state index in [1.807, 2.05) is 83.1 Å². The van der Waals surface area contributed by atoms with E-state index >= 15 is 0 Å². The van der Waals surface area contributed by atoms with Crippen molar-refractivity contribution in [2.24, 2.45) is 0 Å². The molecule has 5 rings (SSSR count). The van der Waals surface area contributed by atoms with E-state index in [1.165, 1.54) is 24.3 Å². The van der Waals surface area contributed by atoms with Crippen LogP contribution in [0, 0.1) is 26.0 Å². The van der Waals surface area contributed by atoms with Crippen LogP contribution in [0.15, 0.2) is 131 Å². The van der Waals surface area contributed by atoms with Gasteiger partial charge in [-0.15, -0.1) is 24.3 Å². The summed E-state index contributed by atoms with van der Waals surface area (Å²) in [6.45, 7) is 23.9. The maximum Gasteiger partial charge on any atom is 0.206 e. The summed E-state index contributed by atoms with van der Waals surface area (Å²) in [4.78, 5) is 0.680. The third-order valence-corrected chi connectivity index (χ3v) is 6.70. The van der Waals surface area contributed by atoms with Gasteiger partial charge in [0.1, 0.15) is 11.5 Å². The summed E-state index contributed by atoms with van der Waals surface area (Å²) >= 11 is 0. The van der Waals surface area contributed by atoms with Gasteiger partial charge in [-0.05, 0) is 62.4 Å². The van der Waals surface area contributed by atoms with Crippen molar-refractivity contribution >= 4 is 9.84 Å². The molecule has 0 heterocycles. The molecule has 5 aromatic rings. The second-order valence-corrected chi connectivity index (χ2v) is 10.1. The number of aromatic hydroxyl groups is 4. The fourth-order valence-electron chi connectivity index (χ4n) is 2.78. The van der Waals surface area contributed by atoms with E-state index in [0.717, 1.165) is 11.1 Å². The van der Waals surface area contributed by atoms with E-state index in [1.54, 1.807) is 97.1 Å². The monoisotopic (exact) mass is 781 g/mol. The zero-order valence-electron chi connectivity index (χ0n) is 32.1. The first kappa shape index (κ1) is 55.8. The molecule has 0 spiro atoms. The SMILES string of the molecule is CC.CC.CC.CC.CC.Cc1ccc(S(=O)(=O)c2ccc(C)cc2)cc1.Oc1cc[c-]cc1.Oc1cc[c-]cc1.Oc1ccc(O)cc1.[Y]. The van der Waals surface area contributed by atoms with Crippen molar-refractivity contribution in [1.82, 2.24) is 0 Å². The number of benzene rings is 5. The van der Waals surface area contributed by atoms with Gasteiger partial charge in [0.05, 0.1) is 9.79 Å². The first-order chi connectivity index (χ1) is 23.6. The predicted molar refractivity (Wildman–Crippen MR) is 208 cm³/mol. The zero-order chi connectivity index (χ0) is 38.7. The maximum absolute atomic E-state index is 12.3. The Labute approximate surface area is 329 Å². The Kier molecular flexibility index (Phi) is 42.6.